The molecule has 0 unspecified atom stereocenters. The van der Waals surface area contributed by atoms with Crippen LogP contribution in [0.2, 0.25) is 0 Å². The molecule has 0 amide bonds. The molecular weight excluding hydrogens is 196 g/mol. The summed E-state index contributed by atoms with van der Waals surface area (Å²) in [6.45, 7) is 4.42. The minimum absolute atomic E-state index is 0.00431. The van der Waals surface area contributed by atoms with E-state index in [4.69, 9.17) is 4.74 Å². The number of aromatic nitrogens is 1. The minimum atomic E-state index is -0.462. The van der Waals surface area contributed by atoms with Crippen molar-refractivity contribution < 1.29 is 9.66 Å². The lowest BCUT2D eigenvalue weighted by atomic mass is 10.3. The van der Waals surface area contributed by atoms with E-state index >= 15 is 0 Å². The summed E-state index contributed by atoms with van der Waals surface area (Å²) < 4.78 is 5.38. The second-order valence-electron chi connectivity index (χ2n) is 3.27. The third kappa shape index (κ3) is 3.19. The smallest absolute Gasteiger partial charge is 0.288 e. The summed E-state index contributed by atoms with van der Waals surface area (Å²) in [4.78, 5) is 13.9. The zero-order valence-electron chi connectivity index (χ0n) is 8.90. The van der Waals surface area contributed by atoms with Crippen LogP contribution in [0, 0.1) is 17.0 Å². The minimum Gasteiger partial charge on any atom is -0.477 e. The van der Waals surface area contributed by atoms with Crippen molar-refractivity contribution in [3.63, 3.8) is 0 Å². The van der Waals surface area contributed by atoms with E-state index < -0.39 is 4.92 Å². The highest BCUT2D eigenvalue weighted by Gasteiger charge is 2.09. The molecule has 15 heavy (non-hydrogen) atoms. The maximum Gasteiger partial charge on any atom is 0.288 e. The van der Waals surface area contributed by atoms with Crippen LogP contribution in [0.3, 0.4) is 0 Å². The quantitative estimate of drug-likeness (QED) is 0.425. The van der Waals surface area contributed by atoms with Crippen LogP contribution >= 0.6 is 0 Å². The van der Waals surface area contributed by atoms with Crippen LogP contribution in [-0.2, 0) is 0 Å². The molecule has 0 bridgehead atoms. The predicted molar refractivity (Wildman–Crippen MR) is 56.0 cm³/mol. The molecule has 0 aliphatic rings. The van der Waals surface area contributed by atoms with Crippen LogP contribution in [0.25, 0.3) is 0 Å². The first kappa shape index (κ1) is 11.4. The highest BCUT2D eigenvalue weighted by molar-refractivity contribution is 5.36. The molecule has 1 rings (SSSR count). The van der Waals surface area contributed by atoms with E-state index in [1.165, 1.54) is 12.3 Å². The molecule has 1 aromatic rings. The molecule has 0 atom stereocenters. The van der Waals surface area contributed by atoms with Crippen LogP contribution in [0.1, 0.15) is 25.3 Å². The van der Waals surface area contributed by atoms with E-state index in [9.17, 15) is 10.1 Å². The van der Waals surface area contributed by atoms with Crippen molar-refractivity contribution in [3.05, 3.63) is 27.9 Å². The monoisotopic (exact) mass is 210 g/mol. The van der Waals surface area contributed by atoms with Crippen molar-refractivity contribution in [1.29, 1.82) is 0 Å². The van der Waals surface area contributed by atoms with E-state index in [0.717, 1.165) is 12.8 Å². The van der Waals surface area contributed by atoms with Crippen molar-refractivity contribution >= 4 is 5.69 Å². The van der Waals surface area contributed by atoms with Gasteiger partial charge in [-0.05, 0) is 13.3 Å². The number of aryl methyl sites for hydroxylation is 1. The Balaban J connectivity index is 2.70. The zero-order chi connectivity index (χ0) is 11.3. The Morgan fingerprint density at radius 3 is 2.87 bits per heavy atom. The van der Waals surface area contributed by atoms with Gasteiger partial charge in [0, 0.05) is 11.6 Å². The van der Waals surface area contributed by atoms with Crippen LogP contribution in [0.15, 0.2) is 12.3 Å². The van der Waals surface area contributed by atoms with Gasteiger partial charge in [-0.1, -0.05) is 13.3 Å². The number of rotatable bonds is 5. The number of nitrogens with zero attached hydrogens (tertiary/aromatic N) is 2. The van der Waals surface area contributed by atoms with Gasteiger partial charge in [-0.3, -0.25) is 10.1 Å². The van der Waals surface area contributed by atoms with Crippen molar-refractivity contribution in [2.24, 2.45) is 0 Å². The molecular formula is C10H14N2O3. The fourth-order valence-electron chi connectivity index (χ4n) is 1.11. The summed E-state index contributed by atoms with van der Waals surface area (Å²) in [7, 11) is 0. The Morgan fingerprint density at radius 1 is 1.60 bits per heavy atom. The summed E-state index contributed by atoms with van der Waals surface area (Å²) in [6, 6.07) is 1.47. The molecule has 0 aliphatic carbocycles. The van der Waals surface area contributed by atoms with Crippen LogP contribution in [0.5, 0.6) is 5.88 Å². The third-order valence-corrected chi connectivity index (χ3v) is 1.96. The Bertz CT molecular complexity index is 353. The second-order valence-corrected chi connectivity index (χ2v) is 3.27. The molecule has 82 valence electrons. The summed E-state index contributed by atoms with van der Waals surface area (Å²) in [5.74, 6) is 0.481. The third-order valence-electron chi connectivity index (χ3n) is 1.96. The van der Waals surface area contributed by atoms with E-state index in [1.54, 1.807) is 6.92 Å². The van der Waals surface area contributed by atoms with Gasteiger partial charge in [-0.2, -0.15) is 0 Å². The number of ether oxygens (including phenoxy) is 1. The maximum atomic E-state index is 10.4. The molecule has 0 radical (unpaired) electrons. The molecule has 0 N–H and O–H groups in total. The van der Waals surface area contributed by atoms with Crippen molar-refractivity contribution in [2.75, 3.05) is 6.61 Å². The average Bonchev–Trinajstić information content (AvgIpc) is 2.20. The normalized spacial score (nSPS) is 10.0. The molecule has 1 heterocycles. The Hall–Kier alpha value is -1.65. The largest absolute Gasteiger partial charge is 0.477 e. The standard InChI is InChI=1S/C10H14N2O3/c1-3-4-5-15-10-8(2)6-9(7-11-10)12(13)14/h6-7H,3-5H2,1-2H3. The van der Waals surface area contributed by atoms with Gasteiger partial charge in [-0.15, -0.1) is 0 Å². The molecule has 0 saturated heterocycles. The fraction of sp³-hybridized carbons (Fsp3) is 0.500. The van der Waals surface area contributed by atoms with E-state index in [1.807, 2.05) is 0 Å². The number of hydrogen-bond acceptors (Lipinski definition) is 4. The Morgan fingerprint density at radius 2 is 2.33 bits per heavy atom. The Kier molecular flexibility index (Phi) is 4.03. The van der Waals surface area contributed by atoms with E-state index in [2.05, 4.69) is 11.9 Å². The van der Waals surface area contributed by atoms with Gasteiger partial charge in [0.05, 0.1) is 11.5 Å². The van der Waals surface area contributed by atoms with Gasteiger partial charge in [0.25, 0.3) is 5.69 Å². The Labute approximate surface area is 88.2 Å². The molecule has 0 aliphatic heterocycles. The lowest BCUT2D eigenvalue weighted by Crippen LogP contribution is -2.01. The first-order valence-electron chi connectivity index (χ1n) is 4.89. The SMILES string of the molecule is CCCCOc1ncc([N+](=O)[O-])cc1C. The molecule has 0 saturated carbocycles. The number of unbranched alkanes of at least 4 members (excludes halogenated alkanes) is 1. The number of nitro groups is 1. The van der Waals surface area contributed by atoms with Gasteiger partial charge < -0.3 is 4.74 Å². The van der Waals surface area contributed by atoms with Gasteiger partial charge in [0.2, 0.25) is 5.88 Å². The molecule has 5 nitrogen and oxygen atoms in total. The van der Waals surface area contributed by atoms with Gasteiger partial charge in [-0.25, -0.2) is 4.98 Å². The number of hydrogen-bond donors (Lipinski definition) is 0. The molecule has 0 spiro atoms. The van der Waals surface area contributed by atoms with Gasteiger partial charge in [0.15, 0.2) is 0 Å². The topological polar surface area (TPSA) is 65.3 Å². The van der Waals surface area contributed by atoms with Gasteiger partial charge >= 0.3 is 0 Å². The first-order chi connectivity index (χ1) is 7.15. The van der Waals surface area contributed by atoms with Crippen molar-refractivity contribution in [1.82, 2.24) is 4.98 Å². The fourth-order valence-corrected chi connectivity index (χ4v) is 1.11. The second kappa shape index (κ2) is 5.29. The van der Waals surface area contributed by atoms with E-state index in [-0.39, 0.29) is 5.69 Å². The highest BCUT2D eigenvalue weighted by atomic mass is 16.6. The van der Waals surface area contributed by atoms with E-state index in [0.29, 0.717) is 18.1 Å². The molecule has 0 fully saturated rings. The van der Waals surface area contributed by atoms with Crippen LogP contribution in [-0.4, -0.2) is 16.5 Å². The lowest BCUT2D eigenvalue weighted by Gasteiger charge is -2.06. The summed E-state index contributed by atoms with van der Waals surface area (Å²) in [5, 5.41) is 10.4. The lowest BCUT2D eigenvalue weighted by molar-refractivity contribution is -0.385. The summed E-state index contributed by atoms with van der Waals surface area (Å²) >= 11 is 0. The first-order valence-corrected chi connectivity index (χ1v) is 4.89. The molecule has 0 aromatic carbocycles. The van der Waals surface area contributed by atoms with Crippen molar-refractivity contribution in [2.45, 2.75) is 26.7 Å². The molecule has 5 heteroatoms. The van der Waals surface area contributed by atoms with Crippen LogP contribution in [0.4, 0.5) is 5.69 Å². The molecule has 1 aromatic heterocycles. The highest BCUT2D eigenvalue weighted by Crippen LogP contribution is 2.19. The average molecular weight is 210 g/mol. The zero-order valence-corrected chi connectivity index (χ0v) is 8.90. The van der Waals surface area contributed by atoms with Gasteiger partial charge in [0.1, 0.15) is 6.20 Å². The summed E-state index contributed by atoms with van der Waals surface area (Å²) in [5.41, 5.74) is 0.690. The van der Waals surface area contributed by atoms with Crippen LogP contribution < -0.4 is 4.74 Å². The number of pyridine rings is 1. The summed E-state index contributed by atoms with van der Waals surface area (Å²) in [6.07, 6.45) is 3.22. The maximum absolute atomic E-state index is 10.4. The predicted octanol–water partition coefficient (Wildman–Crippen LogP) is 2.48. The van der Waals surface area contributed by atoms with Crippen molar-refractivity contribution in [3.8, 4) is 5.88 Å².